The number of nitrogens with zero attached hydrogens (tertiary/aromatic N) is 1. The Balaban J connectivity index is 1.79. The lowest BCUT2D eigenvalue weighted by atomic mass is 10.1. The first-order valence-electron chi connectivity index (χ1n) is 7.68. The van der Waals surface area contributed by atoms with Crippen LogP contribution in [0.15, 0.2) is 47.4 Å². The molecule has 0 spiro atoms. The van der Waals surface area contributed by atoms with Crippen LogP contribution in [0.1, 0.15) is 11.6 Å². The number of hydrogen-bond acceptors (Lipinski definition) is 5. The molecule has 0 unspecified atom stereocenters. The van der Waals surface area contributed by atoms with Crippen molar-refractivity contribution >= 4 is 21.6 Å². The van der Waals surface area contributed by atoms with Gasteiger partial charge in [0.15, 0.2) is 11.5 Å². The third kappa shape index (κ3) is 3.90. The standard InChI is InChI=1S/C17H19ClN2O4S/c1-20(2)15(13-5-3-4-6-14(13)18)10-19-25(21,22)12-7-8-16-17(9-12)24-11-23-16/h3-9,15,19H,10-11H2,1-2H3/t15-/m0/s1. The highest BCUT2D eigenvalue weighted by Gasteiger charge is 2.23. The van der Waals surface area contributed by atoms with E-state index in [0.717, 1.165) is 5.56 Å². The zero-order valence-corrected chi connectivity index (χ0v) is 15.5. The van der Waals surface area contributed by atoms with Gasteiger partial charge in [0.1, 0.15) is 0 Å². The highest BCUT2D eigenvalue weighted by Crippen LogP contribution is 2.34. The van der Waals surface area contributed by atoms with Crippen molar-refractivity contribution in [1.82, 2.24) is 9.62 Å². The maximum absolute atomic E-state index is 12.6. The molecule has 0 fully saturated rings. The Labute approximate surface area is 152 Å². The van der Waals surface area contributed by atoms with E-state index in [4.69, 9.17) is 21.1 Å². The quantitative estimate of drug-likeness (QED) is 0.831. The van der Waals surface area contributed by atoms with Gasteiger partial charge in [-0.3, -0.25) is 0 Å². The molecule has 2 aromatic rings. The van der Waals surface area contributed by atoms with Crippen molar-refractivity contribution in [3.05, 3.63) is 53.1 Å². The van der Waals surface area contributed by atoms with Crippen LogP contribution in [-0.4, -0.2) is 40.8 Å². The maximum Gasteiger partial charge on any atom is 0.240 e. The van der Waals surface area contributed by atoms with Gasteiger partial charge in [-0.15, -0.1) is 0 Å². The number of benzene rings is 2. The van der Waals surface area contributed by atoms with E-state index in [0.29, 0.717) is 16.5 Å². The molecule has 1 heterocycles. The molecule has 1 N–H and O–H groups in total. The van der Waals surface area contributed by atoms with Gasteiger partial charge in [0.25, 0.3) is 0 Å². The van der Waals surface area contributed by atoms with Crippen LogP contribution in [0.3, 0.4) is 0 Å². The van der Waals surface area contributed by atoms with Crippen LogP contribution >= 0.6 is 11.6 Å². The molecule has 0 bridgehead atoms. The number of halogens is 1. The van der Waals surface area contributed by atoms with Gasteiger partial charge in [0.05, 0.1) is 4.90 Å². The summed E-state index contributed by atoms with van der Waals surface area (Å²) in [6.45, 7) is 0.287. The third-order valence-corrected chi connectivity index (χ3v) is 5.77. The van der Waals surface area contributed by atoms with Gasteiger partial charge >= 0.3 is 0 Å². The second kappa shape index (κ2) is 7.21. The van der Waals surface area contributed by atoms with Crippen molar-refractivity contribution in [3.8, 4) is 11.5 Å². The predicted octanol–water partition coefficient (Wildman–Crippen LogP) is 2.65. The van der Waals surface area contributed by atoms with E-state index in [1.54, 1.807) is 12.1 Å². The summed E-state index contributed by atoms with van der Waals surface area (Å²) in [6.07, 6.45) is 0. The molecule has 0 aliphatic carbocycles. The molecule has 8 heteroatoms. The van der Waals surface area contributed by atoms with Crippen LogP contribution in [0.5, 0.6) is 11.5 Å². The molecule has 0 saturated carbocycles. The van der Waals surface area contributed by atoms with Crippen molar-refractivity contribution in [3.63, 3.8) is 0 Å². The number of sulfonamides is 1. The summed E-state index contributed by atoms with van der Waals surface area (Å²) in [6, 6.07) is 11.8. The zero-order chi connectivity index (χ0) is 18.0. The Morgan fingerprint density at radius 1 is 1.16 bits per heavy atom. The van der Waals surface area contributed by atoms with Crippen LogP contribution in [0.2, 0.25) is 5.02 Å². The molecule has 6 nitrogen and oxygen atoms in total. The fourth-order valence-electron chi connectivity index (χ4n) is 2.63. The fraction of sp³-hybridized carbons (Fsp3) is 0.294. The Kier molecular flexibility index (Phi) is 5.19. The highest BCUT2D eigenvalue weighted by atomic mass is 35.5. The normalized spacial score (nSPS) is 14.7. The number of hydrogen-bond donors (Lipinski definition) is 1. The largest absolute Gasteiger partial charge is 0.454 e. The summed E-state index contributed by atoms with van der Waals surface area (Å²) in [5, 5.41) is 0.600. The van der Waals surface area contributed by atoms with Crippen molar-refractivity contribution in [2.24, 2.45) is 0 Å². The summed E-state index contributed by atoms with van der Waals surface area (Å²) in [5.74, 6) is 0.972. The molecule has 0 radical (unpaired) electrons. The molecule has 134 valence electrons. The second-order valence-electron chi connectivity index (χ2n) is 5.87. The van der Waals surface area contributed by atoms with Crippen LogP contribution in [0.4, 0.5) is 0 Å². The van der Waals surface area contributed by atoms with Gasteiger partial charge in [0.2, 0.25) is 16.8 Å². The van der Waals surface area contributed by atoms with E-state index >= 15 is 0 Å². The number of nitrogens with one attached hydrogen (secondary N) is 1. The van der Waals surface area contributed by atoms with E-state index in [9.17, 15) is 8.42 Å². The topological polar surface area (TPSA) is 67.9 Å². The van der Waals surface area contributed by atoms with Crippen LogP contribution in [0.25, 0.3) is 0 Å². The van der Waals surface area contributed by atoms with Gasteiger partial charge < -0.3 is 14.4 Å². The molecular weight excluding hydrogens is 364 g/mol. The van der Waals surface area contributed by atoms with Gasteiger partial charge in [-0.25, -0.2) is 13.1 Å². The van der Waals surface area contributed by atoms with Crippen LogP contribution in [0, 0.1) is 0 Å². The Morgan fingerprint density at radius 3 is 2.60 bits per heavy atom. The van der Waals surface area contributed by atoms with Crippen LogP contribution in [-0.2, 0) is 10.0 Å². The highest BCUT2D eigenvalue weighted by molar-refractivity contribution is 7.89. The van der Waals surface area contributed by atoms with Crippen molar-refractivity contribution in [2.75, 3.05) is 27.4 Å². The molecule has 1 aliphatic heterocycles. The average Bonchev–Trinajstić information content (AvgIpc) is 3.04. The number of fused-ring (bicyclic) bond motifs is 1. The van der Waals surface area contributed by atoms with Gasteiger partial charge in [-0.1, -0.05) is 29.8 Å². The molecule has 1 aliphatic rings. The average molecular weight is 383 g/mol. The minimum Gasteiger partial charge on any atom is -0.454 e. The first-order chi connectivity index (χ1) is 11.9. The van der Waals surface area contributed by atoms with Crippen molar-refractivity contribution in [1.29, 1.82) is 0 Å². The second-order valence-corrected chi connectivity index (χ2v) is 8.04. The molecule has 0 saturated heterocycles. The van der Waals surface area contributed by atoms with E-state index in [1.165, 1.54) is 12.1 Å². The summed E-state index contributed by atoms with van der Waals surface area (Å²) < 4.78 is 38.3. The summed E-state index contributed by atoms with van der Waals surface area (Å²) >= 11 is 6.26. The first-order valence-corrected chi connectivity index (χ1v) is 9.55. The van der Waals surface area contributed by atoms with Gasteiger partial charge in [-0.2, -0.15) is 0 Å². The first kappa shape index (κ1) is 18.0. The summed E-state index contributed by atoms with van der Waals surface area (Å²) in [4.78, 5) is 2.05. The number of ether oxygens (including phenoxy) is 2. The fourth-order valence-corrected chi connectivity index (χ4v) is 3.95. The minimum atomic E-state index is -3.69. The minimum absolute atomic E-state index is 0.0987. The predicted molar refractivity (Wildman–Crippen MR) is 95.6 cm³/mol. The Bertz CT molecular complexity index is 871. The van der Waals surface area contributed by atoms with Crippen molar-refractivity contribution in [2.45, 2.75) is 10.9 Å². The molecule has 0 amide bonds. The molecule has 25 heavy (non-hydrogen) atoms. The molecule has 1 atom stereocenters. The Morgan fingerprint density at radius 2 is 1.88 bits per heavy atom. The smallest absolute Gasteiger partial charge is 0.240 e. The van der Waals surface area contributed by atoms with E-state index in [2.05, 4.69) is 4.72 Å². The van der Waals surface area contributed by atoms with E-state index in [-0.39, 0.29) is 24.3 Å². The monoisotopic (exact) mass is 382 g/mol. The maximum atomic E-state index is 12.6. The molecular formula is C17H19ClN2O4S. The lowest BCUT2D eigenvalue weighted by molar-refractivity contribution is 0.174. The van der Waals surface area contributed by atoms with Gasteiger partial charge in [-0.05, 0) is 37.9 Å². The lowest BCUT2D eigenvalue weighted by Gasteiger charge is -2.26. The lowest BCUT2D eigenvalue weighted by Crippen LogP contribution is -2.34. The molecule has 0 aromatic heterocycles. The Hall–Kier alpha value is -1.80. The zero-order valence-electron chi connectivity index (χ0n) is 13.9. The summed E-state index contributed by atoms with van der Waals surface area (Å²) in [7, 11) is 0.0691. The SMILES string of the molecule is CN(C)[C@@H](CNS(=O)(=O)c1ccc2c(c1)OCO2)c1ccccc1Cl. The third-order valence-electron chi connectivity index (χ3n) is 4.01. The molecule has 3 rings (SSSR count). The number of likely N-dealkylation sites (N-methyl/N-ethyl adjacent to an activating group) is 1. The summed E-state index contributed by atoms with van der Waals surface area (Å²) in [5.41, 5.74) is 0.863. The number of rotatable bonds is 6. The van der Waals surface area contributed by atoms with Crippen LogP contribution < -0.4 is 14.2 Å². The van der Waals surface area contributed by atoms with E-state index < -0.39 is 10.0 Å². The van der Waals surface area contributed by atoms with E-state index in [1.807, 2.05) is 37.2 Å². The van der Waals surface area contributed by atoms with Crippen molar-refractivity contribution < 1.29 is 17.9 Å². The molecule has 2 aromatic carbocycles. The van der Waals surface area contributed by atoms with Gasteiger partial charge in [0, 0.05) is 23.7 Å².